The summed E-state index contributed by atoms with van der Waals surface area (Å²) in [5.41, 5.74) is 5.16. The quantitative estimate of drug-likeness (QED) is 0.292. The zero-order valence-corrected chi connectivity index (χ0v) is 11.9. The average Bonchev–Trinajstić information content (AvgIpc) is 2.14. The summed E-state index contributed by atoms with van der Waals surface area (Å²) in [5.74, 6) is 5.95. The Morgan fingerprint density at radius 1 is 1.44 bits per heavy atom. The van der Waals surface area contributed by atoms with E-state index in [0.29, 0.717) is 18.8 Å². The highest BCUT2D eigenvalue weighted by molar-refractivity contribution is 5.80. The maximum atomic E-state index is 11.3. The number of hydrazone groups is 1. The van der Waals surface area contributed by atoms with Gasteiger partial charge in [-0.3, -0.25) is 0 Å². The number of hydrogen-bond acceptors (Lipinski definition) is 5. The van der Waals surface area contributed by atoms with E-state index < -0.39 is 11.7 Å². The lowest BCUT2D eigenvalue weighted by molar-refractivity contribution is 0.0529. The fourth-order valence-corrected chi connectivity index (χ4v) is 0.921. The Labute approximate surface area is 108 Å². The number of hydrogen-bond donors (Lipinski definition) is 3. The third kappa shape index (κ3) is 8.63. The molecule has 0 radical (unpaired) electrons. The molecular formula is C11H25N5O2. The van der Waals surface area contributed by atoms with Crippen LogP contribution in [0.5, 0.6) is 0 Å². The predicted molar refractivity (Wildman–Crippen MR) is 71.6 cm³/mol. The van der Waals surface area contributed by atoms with E-state index in [1.807, 2.05) is 13.8 Å². The van der Waals surface area contributed by atoms with E-state index in [-0.39, 0.29) is 6.04 Å². The maximum absolute atomic E-state index is 11.3. The molecule has 0 aromatic carbocycles. The first kappa shape index (κ1) is 16.5. The summed E-state index contributed by atoms with van der Waals surface area (Å²) in [6.07, 6.45) is -0.0524. The molecule has 0 rings (SSSR count). The number of nitrogens with zero attached hydrogens (tertiary/aromatic N) is 2. The lowest BCUT2D eigenvalue weighted by atomic mass is 10.2. The van der Waals surface area contributed by atoms with Crippen LogP contribution in [-0.4, -0.2) is 35.2 Å². The first-order chi connectivity index (χ1) is 8.11. The third-order valence-electron chi connectivity index (χ3n) is 1.82. The number of nitrogens with one attached hydrogen (secondary N) is 1. The lowest BCUT2D eigenvalue weighted by Crippen LogP contribution is -2.37. The monoisotopic (exact) mass is 259 g/mol. The van der Waals surface area contributed by atoms with Crippen molar-refractivity contribution in [3.8, 4) is 0 Å². The van der Waals surface area contributed by atoms with Crippen molar-refractivity contribution in [3.05, 3.63) is 0 Å². The number of alkyl carbamates (subject to hydrolysis) is 1. The van der Waals surface area contributed by atoms with E-state index >= 15 is 0 Å². The van der Waals surface area contributed by atoms with Crippen LogP contribution in [0.1, 0.15) is 41.0 Å². The predicted octanol–water partition coefficient (Wildman–Crippen LogP) is 0.758. The van der Waals surface area contributed by atoms with Crippen LogP contribution in [0, 0.1) is 0 Å². The van der Waals surface area contributed by atoms with Crippen LogP contribution in [-0.2, 0) is 4.74 Å². The normalized spacial score (nSPS) is 12.5. The largest absolute Gasteiger partial charge is 0.444 e. The summed E-state index contributed by atoms with van der Waals surface area (Å²) in [5, 5.41) is 7.83. The molecule has 0 heterocycles. The van der Waals surface area contributed by atoms with Crippen molar-refractivity contribution in [3.63, 3.8) is 0 Å². The Morgan fingerprint density at radius 3 is 2.44 bits per heavy atom. The van der Waals surface area contributed by atoms with Gasteiger partial charge in [0.1, 0.15) is 11.4 Å². The third-order valence-corrected chi connectivity index (χ3v) is 1.82. The molecule has 0 saturated heterocycles. The van der Waals surface area contributed by atoms with Gasteiger partial charge in [0.2, 0.25) is 0 Å². The van der Waals surface area contributed by atoms with Crippen molar-refractivity contribution in [1.29, 1.82) is 0 Å². The van der Waals surface area contributed by atoms with E-state index in [9.17, 15) is 4.79 Å². The molecule has 0 aliphatic rings. The number of carbonyl (C=O) groups is 1. The molecule has 5 N–H and O–H groups in total. The molecule has 106 valence electrons. The van der Waals surface area contributed by atoms with Gasteiger partial charge < -0.3 is 15.8 Å². The number of amides is 1. The number of hydrazine groups is 1. The zero-order valence-electron chi connectivity index (χ0n) is 11.9. The Hall–Kier alpha value is -1.50. The topological polar surface area (TPSA) is 106 Å². The van der Waals surface area contributed by atoms with Crippen molar-refractivity contribution < 1.29 is 9.53 Å². The summed E-state index contributed by atoms with van der Waals surface area (Å²) < 4.78 is 5.07. The Kier molecular flexibility index (Phi) is 6.46. The molecule has 0 spiro atoms. The molecule has 7 nitrogen and oxygen atoms in total. The van der Waals surface area contributed by atoms with Crippen molar-refractivity contribution in [2.75, 3.05) is 6.54 Å². The molecule has 0 saturated carbocycles. The number of amidine groups is 1. The first-order valence-electron chi connectivity index (χ1n) is 5.95. The molecule has 18 heavy (non-hydrogen) atoms. The van der Waals surface area contributed by atoms with Gasteiger partial charge in [0.05, 0.1) is 6.04 Å². The molecule has 0 aliphatic heterocycles. The minimum Gasteiger partial charge on any atom is -0.444 e. The minimum absolute atomic E-state index is 0.0716. The summed E-state index contributed by atoms with van der Waals surface area (Å²) >= 11 is 0. The van der Waals surface area contributed by atoms with Gasteiger partial charge in [0, 0.05) is 13.0 Å². The Balaban J connectivity index is 3.95. The number of nitrogens with two attached hydrogens (primary N) is 2. The SMILES string of the molecule is CC(C)N(N)/N=C(\N)CCNC(=O)OC(C)(C)C. The smallest absolute Gasteiger partial charge is 0.407 e. The van der Waals surface area contributed by atoms with Gasteiger partial charge in [-0.15, -0.1) is 5.10 Å². The molecule has 0 aromatic rings. The van der Waals surface area contributed by atoms with Crippen LogP contribution >= 0.6 is 0 Å². The van der Waals surface area contributed by atoms with Gasteiger partial charge in [0.15, 0.2) is 0 Å². The van der Waals surface area contributed by atoms with Crippen LogP contribution in [0.2, 0.25) is 0 Å². The second-order valence-electron chi connectivity index (χ2n) is 5.24. The van der Waals surface area contributed by atoms with Crippen molar-refractivity contribution in [2.24, 2.45) is 16.7 Å². The van der Waals surface area contributed by atoms with Crippen LogP contribution in [0.4, 0.5) is 4.79 Å². The number of rotatable bonds is 5. The van der Waals surface area contributed by atoms with Crippen LogP contribution in [0.15, 0.2) is 5.10 Å². The van der Waals surface area contributed by atoms with Crippen molar-refractivity contribution >= 4 is 11.9 Å². The van der Waals surface area contributed by atoms with Crippen LogP contribution in [0.3, 0.4) is 0 Å². The maximum Gasteiger partial charge on any atom is 0.407 e. The highest BCUT2D eigenvalue weighted by atomic mass is 16.6. The fourth-order valence-electron chi connectivity index (χ4n) is 0.921. The Morgan fingerprint density at radius 2 is 2.00 bits per heavy atom. The minimum atomic E-state index is -0.505. The number of carbonyl (C=O) groups excluding carboxylic acids is 1. The molecule has 7 heteroatoms. The standard InChI is InChI=1S/C11H25N5O2/c1-8(2)16(13)15-9(12)6-7-14-10(17)18-11(3,4)5/h8H,6-7,13H2,1-5H3,(H2,12,15)(H,14,17). The second-order valence-corrected chi connectivity index (χ2v) is 5.24. The van der Waals surface area contributed by atoms with Gasteiger partial charge in [-0.1, -0.05) is 0 Å². The molecule has 1 amide bonds. The molecular weight excluding hydrogens is 234 g/mol. The summed E-state index contributed by atoms with van der Waals surface area (Å²) in [6.45, 7) is 9.56. The molecule has 0 fully saturated rings. The van der Waals surface area contributed by atoms with E-state index in [4.69, 9.17) is 16.3 Å². The molecule has 0 aliphatic carbocycles. The average molecular weight is 259 g/mol. The van der Waals surface area contributed by atoms with E-state index in [2.05, 4.69) is 10.4 Å². The second kappa shape index (κ2) is 7.05. The van der Waals surface area contributed by atoms with E-state index in [1.54, 1.807) is 20.8 Å². The first-order valence-corrected chi connectivity index (χ1v) is 5.95. The van der Waals surface area contributed by atoms with Crippen LogP contribution in [0.25, 0.3) is 0 Å². The highest BCUT2D eigenvalue weighted by Crippen LogP contribution is 2.06. The van der Waals surface area contributed by atoms with Gasteiger partial charge in [-0.05, 0) is 34.6 Å². The highest BCUT2D eigenvalue weighted by Gasteiger charge is 2.15. The molecule has 0 atom stereocenters. The van der Waals surface area contributed by atoms with Gasteiger partial charge in [-0.25, -0.2) is 15.8 Å². The fraction of sp³-hybridized carbons (Fsp3) is 0.818. The number of ether oxygens (including phenoxy) is 1. The molecule has 0 aromatic heterocycles. The summed E-state index contributed by atoms with van der Waals surface area (Å²) in [4.78, 5) is 11.3. The Bertz CT molecular complexity index is 296. The van der Waals surface area contributed by atoms with Crippen molar-refractivity contribution in [1.82, 2.24) is 10.4 Å². The van der Waals surface area contributed by atoms with E-state index in [1.165, 1.54) is 5.12 Å². The summed E-state index contributed by atoms with van der Waals surface area (Å²) in [6, 6.07) is 0.0716. The molecule has 0 bridgehead atoms. The van der Waals surface area contributed by atoms with Crippen LogP contribution < -0.4 is 16.9 Å². The van der Waals surface area contributed by atoms with Crippen molar-refractivity contribution in [2.45, 2.75) is 52.7 Å². The van der Waals surface area contributed by atoms with Gasteiger partial charge in [0.25, 0.3) is 0 Å². The lowest BCUT2D eigenvalue weighted by Gasteiger charge is -2.20. The van der Waals surface area contributed by atoms with Gasteiger partial charge >= 0.3 is 6.09 Å². The molecule has 0 unspecified atom stereocenters. The summed E-state index contributed by atoms with van der Waals surface area (Å²) in [7, 11) is 0. The zero-order chi connectivity index (χ0) is 14.3. The van der Waals surface area contributed by atoms with Gasteiger partial charge in [-0.2, -0.15) is 0 Å². The van der Waals surface area contributed by atoms with E-state index in [0.717, 1.165) is 0 Å².